The van der Waals surface area contributed by atoms with Crippen molar-refractivity contribution in [1.82, 2.24) is 0 Å². The van der Waals surface area contributed by atoms with Gasteiger partial charge < -0.3 is 4.55 Å². The quantitative estimate of drug-likeness (QED) is 0.485. The van der Waals surface area contributed by atoms with Crippen LogP contribution in [0.15, 0.2) is 12.2 Å². The zero-order chi connectivity index (χ0) is 7.28. The number of hydrogen-bond acceptors (Lipinski definition) is 1. The van der Waals surface area contributed by atoms with Gasteiger partial charge in [0.1, 0.15) is 0 Å². The van der Waals surface area contributed by atoms with E-state index in [4.69, 9.17) is 4.55 Å². The Morgan fingerprint density at radius 2 is 2.33 bits per heavy atom. The zero-order valence-corrected chi connectivity index (χ0v) is 6.41. The van der Waals surface area contributed by atoms with Gasteiger partial charge >= 0.3 is 0 Å². The van der Waals surface area contributed by atoms with Crippen molar-refractivity contribution >= 4 is 11.1 Å². The van der Waals surface area contributed by atoms with E-state index in [-0.39, 0.29) is 0 Å². The molecule has 0 spiro atoms. The van der Waals surface area contributed by atoms with Gasteiger partial charge in [0, 0.05) is 5.75 Å². The fourth-order valence-corrected chi connectivity index (χ4v) is 0.889. The van der Waals surface area contributed by atoms with Crippen LogP contribution < -0.4 is 0 Å². The van der Waals surface area contributed by atoms with Crippen LogP contribution in [0.2, 0.25) is 0 Å². The van der Waals surface area contributed by atoms with Crippen LogP contribution in [-0.2, 0) is 11.1 Å². The minimum absolute atomic E-state index is 0.368. The molecule has 0 aromatic heterocycles. The lowest BCUT2D eigenvalue weighted by Gasteiger charge is -1.94. The van der Waals surface area contributed by atoms with Crippen molar-refractivity contribution in [3.05, 3.63) is 12.2 Å². The smallest absolute Gasteiger partial charge is 0.152 e. The van der Waals surface area contributed by atoms with Gasteiger partial charge in [-0.2, -0.15) is 0 Å². The molecule has 0 saturated heterocycles. The summed E-state index contributed by atoms with van der Waals surface area (Å²) in [6, 6.07) is 0. The second-order valence-electron chi connectivity index (χ2n) is 2.09. The predicted molar refractivity (Wildman–Crippen MR) is 39.7 cm³/mol. The second-order valence-corrected chi connectivity index (χ2v) is 3.14. The molecule has 0 aromatic carbocycles. The normalized spacial score (nSPS) is 13.1. The molecule has 1 atom stereocenters. The van der Waals surface area contributed by atoms with E-state index in [9.17, 15) is 4.21 Å². The van der Waals surface area contributed by atoms with Gasteiger partial charge in [-0.05, 0) is 19.8 Å². The average Bonchev–Trinajstić information content (AvgIpc) is 1.63. The Hall–Kier alpha value is -0.150. The summed E-state index contributed by atoms with van der Waals surface area (Å²) in [5, 5.41) is 0. The SMILES string of the molecule is C=C(C)CCCS(=O)O. The first kappa shape index (κ1) is 8.85. The Kier molecular flexibility index (Phi) is 4.62. The van der Waals surface area contributed by atoms with Gasteiger partial charge in [0.2, 0.25) is 0 Å². The lowest BCUT2D eigenvalue weighted by atomic mass is 10.2. The molecule has 0 aliphatic rings. The van der Waals surface area contributed by atoms with E-state index >= 15 is 0 Å². The standard InChI is InChI=1S/C6H12O2S/c1-6(2)4-3-5-9(7)8/h1,3-5H2,2H3,(H,7,8). The average molecular weight is 148 g/mol. The van der Waals surface area contributed by atoms with Crippen LogP contribution in [0.1, 0.15) is 19.8 Å². The summed E-state index contributed by atoms with van der Waals surface area (Å²) < 4.78 is 18.4. The van der Waals surface area contributed by atoms with Crippen LogP contribution >= 0.6 is 0 Å². The Morgan fingerprint density at radius 3 is 2.67 bits per heavy atom. The van der Waals surface area contributed by atoms with E-state index in [1.807, 2.05) is 6.92 Å². The van der Waals surface area contributed by atoms with Gasteiger partial charge in [-0.15, -0.1) is 6.58 Å². The maximum absolute atomic E-state index is 10.1. The molecule has 1 N–H and O–H groups in total. The van der Waals surface area contributed by atoms with Crippen molar-refractivity contribution in [3.8, 4) is 0 Å². The molecule has 2 nitrogen and oxygen atoms in total. The Bertz CT molecular complexity index is 106. The molecule has 0 heterocycles. The minimum atomic E-state index is -1.62. The highest BCUT2D eigenvalue weighted by atomic mass is 32.2. The maximum atomic E-state index is 10.1. The van der Waals surface area contributed by atoms with Gasteiger partial charge in [0.05, 0.1) is 0 Å². The van der Waals surface area contributed by atoms with Gasteiger partial charge in [0.15, 0.2) is 11.1 Å². The van der Waals surface area contributed by atoms with E-state index in [1.54, 1.807) is 0 Å². The molecule has 54 valence electrons. The summed E-state index contributed by atoms with van der Waals surface area (Å²) in [7, 11) is 0. The molecular weight excluding hydrogens is 136 g/mol. The molecule has 9 heavy (non-hydrogen) atoms. The first-order valence-electron chi connectivity index (χ1n) is 2.85. The van der Waals surface area contributed by atoms with Crippen LogP contribution in [0.3, 0.4) is 0 Å². The number of allylic oxidation sites excluding steroid dienone is 1. The Morgan fingerprint density at radius 1 is 1.78 bits per heavy atom. The summed E-state index contributed by atoms with van der Waals surface area (Å²) in [4.78, 5) is 0. The lowest BCUT2D eigenvalue weighted by Crippen LogP contribution is -1.93. The van der Waals surface area contributed by atoms with Crippen molar-refractivity contribution in [2.24, 2.45) is 0 Å². The van der Waals surface area contributed by atoms with E-state index in [0.717, 1.165) is 18.4 Å². The van der Waals surface area contributed by atoms with Crippen molar-refractivity contribution in [3.63, 3.8) is 0 Å². The molecule has 0 rings (SSSR count). The van der Waals surface area contributed by atoms with Gasteiger partial charge in [-0.3, -0.25) is 0 Å². The van der Waals surface area contributed by atoms with E-state index < -0.39 is 11.1 Å². The molecule has 0 bridgehead atoms. The Labute approximate surface area is 58.3 Å². The summed E-state index contributed by atoms with van der Waals surface area (Å²) >= 11 is -1.62. The van der Waals surface area contributed by atoms with Gasteiger partial charge in [-0.1, -0.05) is 5.57 Å². The lowest BCUT2D eigenvalue weighted by molar-refractivity contribution is 0.561. The molecule has 0 aromatic rings. The van der Waals surface area contributed by atoms with Crippen molar-refractivity contribution in [2.75, 3.05) is 5.75 Å². The monoisotopic (exact) mass is 148 g/mol. The highest BCUT2D eigenvalue weighted by Crippen LogP contribution is 1.99. The van der Waals surface area contributed by atoms with E-state index in [0.29, 0.717) is 5.75 Å². The summed E-state index contributed by atoms with van der Waals surface area (Å²) in [6.07, 6.45) is 1.62. The third kappa shape index (κ3) is 7.85. The van der Waals surface area contributed by atoms with Crippen LogP contribution in [0.5, 0.6) is 0 Å². The molecule has 0 fully saturated rings. The first-order valence-corrected chi connectivity index (χ1v) is 4.12. The van der Waals surface area contributed by atoms with Gasteiger partial charge in [0.25, 0.3) is 0 Å². The van der Waals surface area contributed by atoms with Crippen LogP contribution in [0.25, 0.3) is 0 Å². The van der Waals surface area contributed by atoms with Crippen molar-refractivity contribution in [1.29, 1.82) is 0 Å². The second kappa shape index (κ2) is 4.70. The van der Waals surface area contributed by atoms with E-state index in [1.165, 1.54) is 0 Å². The topological polar surface area (TPSA) is 37.3 Å². The van der Waals surface area contributed by atoms with Crippen LogP contribution in [0.4, 0.5) is 0 Å². The van der Waals surface area contributed by atoms with E-state index in [2.05, 4.69) is 6.58 Å². The van der Waals surface area contributed by atoms with Crippen LogP contribution in [-0.4, -0.2) is 14.5 Å². The fraction of sp³-hybridized carbons (Fsp3) is 0.667. The third-order valence-electron chi connectivity index (χ3n) is 0.923. The molecule has 1 unspecified atom stereocenters. The molecule has 0 aliphatic carbocycles. The zero-order valence-electron chi connectivity index (χ0n) is 5.59. The minimum Gasteiger partial charge on any atom is -0.306 e. The predicted octanol–water partition coefficient (Wildman–Crippen LogP) is 1.56. The number of rotatable bonds is 4. The first-order chi connectivity index (χ1) is 4.13. The highest BCUT2D eigenvalue weighted by molar-refractivity contribution is 7.79. The molecule has 0 amide bonds. The van der Waals surface area contributed by atoms with Crippen molar-refractivity contribution in [2.45, 2.75) is 19.8 Å². The van der Waals surface area contributed by atoms with Crippen molar-refractivity contribution < 1.29 is 8.76 Å². The molecule has 3 heteroatoms. The highest BCUT2D eigenvalue weighted by Gasteiger charge is 1.92. The summed E-state index contributed by atoms with van der Waals surface area (Å²) in [6.45, 7) is 5.59. The largest absolute Gasteiger partial charge is 0.306 e. The summed E-state index contributed by atoms with van der Waals surface area (Å²) in [5.41, 5.74) is 1.07. The summed E-state index contributed by atoms with van der Waals surface area (Å²) in [5.74, 6) is 0.368. The Balaban J connectivity index is 3.10. The molecular formula is C6H12O2S. The van der Waals surface area contributed by atoms with Crippen LogP contribution in [0, 0.1) is 0 Å². The van der Waals surface area contributed by atoms with Gasteiger partial charge in [-0.25, -0.2) is 4.21 Å². The fourth-order valence-electron chi connectivity index (χ4n) is 0.497. The molecule has 0 radical (unpaired) electrons. The molecule has 0 aliphatic heterocycles. The number of hydrogen-bond donors (Lipinski definition) is 1. The maximum Gasteiger partial charge on any atom is 0.152 e. The molecule has 0 saturated carbocycles. The third-order valence-corrected chi connectivity index (χ3v) is 1.56.